The number of fused-ring (bicyclic) bond motifs is 1. The molecule has 1 atom stereocenters. The van der Waals surface area contributed by atoms with Crippen LogP contribution in [0.4, 0.5) is 0 Å². The summed E-state index contributed by atoms with van der Waals surface area (Å²) in [6.45, 7) is 3.02. The van der Waals surface area contributed by atoms with Crippen molar-refractivity contribution < 1.29 is 17.9 Å². The number of benzene rings is 2. The van der Waals surface area contributed by atoms with E-state index >= 15 is 0 Å². The first kappa shape index (κ1) is 25.3. The third-order valence-electron chi connectivity index (χ3n) is 6.77. The lowest BCUT2D eigenvalue weighted by Gasteiger charge is -2.37. The fraction of sp³-hybridized carbons (Fsp3) is 0.370. The van der Waals surface area contributed by atoms with Crippen LogP contribution in [0.5, 0.6) is 5.75 Å². The van der Waals surface area contributed by atoms with E-state index in [9.17, 15) is 13.2 Å². The molecule has 1 saturated carbocycles. The van der Waals surface area contributed by atoms with Crippen molar-refractivity contribution in [3.05, 3.63) is 81.0 Å². The highest BCUT2D eigenvalue weighted by molar-refractivity contribution is 7.89. The zero-order valence-corrected chi connectivity index (χ0v) is 22.5. The Hall–Kier alpha value is -2.39. The van der Waals surface area contributed by atoms with Crippen LogP contribution in [0.2, 0.25) is 5.02 Å². The predicted octanol–water partition coefficient (Wildman–Crippen LogP) is 5.32. The number of rotatable bonds is 9. The Balaban J connectivity index is 1.37. The maximum absolute atomic E-state index is 13.7. The van der Waals surface area contributed by atoms with E-state index in [1.54, 1.807) is 28.4 Å². The monoisotopic (exact) mass is 544 g/mol. The van der Waals surface area contributed by atoms with Gasteiger partial charge in [-0.25, -0.2) is 8.42 Å². The van der Waals surface area contributed by atoms with Crippen LogP contribution in [-0.2, 0) is 21.2 Å². The van der Waals surface area contributed by atoms with Gasteiger partial charge in [0.15, 0.2) is 0 Å². The molecule has 0 radical (unpaired) electrons. The summed E-state index contributed by atoms with van der Waals surface area (Å²) in [7, 11) is -3.84. The second-order valence-corrected chi connectivity index (χ2v) is 12.8. The van der Waals surface area contributed by atoms with Gasteiger partial charge >= 0.3 is 0 Å². The van der Waals surface area contributed by atoms with Gasteiger partial charge in [0.2, 0.25) is 15.9 Å². The minimum Gasteiger partial charge on any atom is -0.491 e. The number of ether oxygens (including phenoxy) is 1. The lowest BCUT2D eigenvalue weighted by Crippen LogP contribution is -2.48. The Morgan fingerprint density at radius 2 is 1.83 bits per heavy atom. The number of carbonyl (C=O) groups is 1. The van der Waals surface area contributed by atoms with E-state index in [4.69, 9.17) is 16.3 Å². The van der Waals surface area contributed by atoms with Crippen molar-refractivity contribution in [3.63, 3.8) is 0 Å². The van der Waals surface area contributed by atoms with Crippen molar-refractivity contribution in [2.75, 3.05) is 26.2 Å². The standard InChI is InChI=1S/C27H29ClN2O4S2/c1-19-2-8-22(9-3-19)34-18-25-24-13-15-35-26(24)12-14-30(25)27(31)17-29(16-20-4-5-20)36(32,33)23-10-6-21(28)7-11-23/h2-3,6-11,13,15,20,25H,4-5,12,14,16-18H2,1H3/t25-/m1/s1. The molecule has 0 N–H and O–H groups in total. The third kappa shape index (κ3) is 5.62. The minimum atomic E-state index is -3.84. The zero-order chi connectivity index (χ0) is 25.3. The van der Waals surface area contributed by atoms with Gasteiger partial charge in [-0.3, -0.25) is 4.79 Å². The molecule has 36 heavy (non-hydrogen) atoms. The molecule has 2 aliphatic rings. The average molecular weight is 545 g/mol. The van der Waals surface area contributed by atoms with Crippen molar-refractivity contribution in [2.24, 2.45) is 5.92 Å². The van der Waals surface area contributed by atoms with Crippen LogP contribution >= 0.6 is 22.9 Å². The van der Waals surface area contributed by atoms with Gasteiger partial charge in [-0.2, -0.15) is 4.31 Å². The number of thiophene rings is 1. The van der Waals surface area contributed by atoms with E-state index in [2.05, 4.69) is 6.07 Å². The third-order valence-corrected chi connectivity index (χ3v) is 9.84. The minimum absolute atomic E-state index is 0.151. The van der Waals surface area contributed by atoms with E-state index in [0.717, 1.165) is 36.1 Å². The topological polar surface area (TPSA) is 66.9 Å². The average Bonchev–Trinajstić information content (AvgIpc) is 3.55. The summed E-state index contributed by atoms with van der Waals surface area (Å²) < 4.78 is 34.4. The molecular formula is C27H29ClN2O4S2. The van der Waals surface area contributed by atoms with E-state index in [1.165, 1.54) is 21.3 Å². The summed E-state index contributed by atoms with van der Waals surface area (Å²) >= 11 is 7.66. The molecule has 190 valence electrons. The summed E-state index contributed by atoms with van der Waals surface area (Å²) in [5.74, 6) is 0.837. The van der Waals surface area contributed by atoms with Crippen LogP contribution in [0.15, 0.2) is 64.9 Å². The highest BCUT2D eigenvalue weighted by Crippen LogP contribution is 2.35. The molecule has 1 aliphatic heterocycles. The fourth-order valence-corrected chi connectivity index (χ4v) is 7.04. The van der Waals surface area contributed by atoms with Gasteiger partial charge in [-0.05, 0) is 85.5 Å². The van der Waals surface area contributed by atoms with Gasteiger partial charge in [0.05, 0.1) is 17.5 Å². The number of amides is 1. The van der Waals surface area contributed by atoms with Crippen molar-refractivity contribution in [3.8, 4) is 5.75 Å². The maximum atomic E-state index is 13.7. The molecule has 0 unspecified atom stereocenters. The Morgan fingerprint density at radius 3 is 2.53 bits per heavy atom. The lowest BCUT2D eigenvalue weighted by atomic mass is 10.0. The quantitative estimate of drug-likeness (QED) is 0.366. The summed E-state index contributed by atoms with van der Waals surface area (Å²) in [5.41, 5.74) is 2.23. The number of halogens is 1. The van der Waals surface area contributed by atoms with Gasteiger partial charge in [-0.1, -0.05) is 29.3 Å². The van der Waals surface area contributed by atoms with Gasteiger partial charge in [0.25, 0.3) is 0 Å². The Bertz CT molecular complexity index is 1320. The zero-order valence-electron chi connectivity index (χ0n) is 20.1. The van der Waals surface area contributed by atoms with Crippen molar-refractivity contribution >= 4 is 38.9 Å². The van der Waals surface area contributed by atoms with E-state index < -0.39 is 10.0 Å². The van der Waals surface area contributed by atoms with E-state index in [1.807, 2.05) is 36.6 Å². The molecule has 3 aromatic rings. The molecule has 0 saturated heterocycles. The molecule has 1 aliphatic carbocycles. The number of hydrogen-bond donors (Lipinski definition) is 0. The number of aryl methyl sites for hydroxylation is 1. The molecule has 1 amide bonds. The highest BCUT2D eigenvalue weighted by Gasteiger charge is 2.37. The SMILES string of the molecule is Cc1ccc(OC[C@@H]2c3ccsc3CCN2C(=O)CN(CC2CC2)S(=O)(=O)c2ccc(Cl)cc2)cc1. The van der Waals surface area contributed by atoms with Crippen LogP contribution < -0.4 is 4.74 Å². The maximum Gasteiger partial charge on any atom is 0.243 e. The Morgan fingerprint density at radius 1 is 1.11 bits per heavy atom. The number of hydrogen-bond acceptors (Lipinski definition) is 5. The first-order chi connectivity index (χ1) is 17.3. The summed E-state index contributed by atoms with van der Waals surface area (Å²) in [4.78, 5) is 16.9. The smallest absolute Gasteiger partial charge is 0.243 e. The molecule has 9 heteroatoms. The van der Waals surface area contributed by atoms with Gasteiger partial charge in [0, 0.05) is 23.0 Å². The van der Waals surface area contributed by atoms with Gasteiger partial charge in [0.1, 0.15) is 12.4 Å². The summed E-state index contributed by atoms with van der Waals surface area (Å²) in [6.07, 6.45) is 2.72. The second kappa shape index (κ2) is 10.5. The second-order valence-electron chi connectivity index (χ2n) is 9.47. The van der Waals surface area contributed by atoms with E-state index in [-0.39, 0.29) is 23.4 Å². The lowest BCUT2D eigenvalue weighted by molar-refractivity contribution is -0.135. The normalized spacial score (nSPS) is 17.8. The van der Waals surface area contributed by atoms with Crippen LogP contribution in [0.1, 0.15) is 34.9 Å². The molecule has 1 aromatic heterocycles. The van der Waals surface area contributed by atoms with Gasteiger partial charge in [-0.15, -0.1) is 11.3 Å². The van der Waals surface area contributed by atoms with Crippen LogP contribution in [-0.4, -0.2) is 49.8 Å². The fourth-order valence-electron chi connectivity index (χ4n) is 4.52. The molecule has 0 bridgehead atoms. The largest absolute Gasteiger partial charge is 0.491 e. The van der Waals surface area contributed by atoms with Crippen LogP contribution in [0.3, 0.4) is 0 Å². The van der Waals surface area contributed by atoms with Crippen molar-refractivity contribution in [1.82, 2.24) is 9.21 Å². The molecule has 2 aromatic carbocycles. The van der Waals surface area contributed by atoms with Crippen LogP contribution in [0.25, 0.3) is 0 Å². The molecule has 6 nitrogen and oxygen atoms in total. The number of carbonyl (C=O) groups excluding carboxylic acids is 1. The number of nitrogens with zero attached hydrogens (tertiary/aromatic N) is 2. The molecule has 2 heterocycles. The van der Waals surface area contributed by atoms with Crippen molar-refractivity contribution in [1.29, 1.82) is 0 Å². The first-order valence-electron chi connectivity index (χ1n) is 12.1. The molecule has 5 rings (SSSR count). The summed E-state index contributed by atoms with van der Waals surface area (Å²) in [5, 5.41) is 2.51. The summed E-state index contributed by atoms with van der Waals surface area (Å²) in [6, 6.07) is 15.7. The Labute approximate surface area is 221 Å². The van der Waals surface area contributed by atoms with Crippen LogP contribution in [0, 0.1) is 12.8 Å². The predicted molar refractivity (Wildman–Crippen MR) is 142 cm³/mol. The van der Waals surface area contributed by atoms with Crippen molar-refractivity contribution in [2.45, 2.75) is 37.1 Å². The number of sulfonamides is 1. The Kier molecular flexibility index (Phi) is 7.40. The highest BCUT2D eigenvalue weighted by atomic mass is 35.5. The molecule has 0 spiro atoms. The molecule has 1 fully saturated rings. The van der Waals surface area contributed by atoms with Gasteiger partial charge < -0.3 is 9.64 Å². The van der Waals surface area contributed by atoms with E-state index in [0.29, 0.717) is 30.6 Å². The molecular weight excluding hydrogens is 516 g/mol. The first-order valence-corrected chi connectivity index (χ1v) is 14.8.